The Labute approximate surface area is 95.8 Å². The van der Waals surface area contributed by atoms with Crippen molar-refractivity contribution < 1.29 is 4.39 Å². The summed E-state index contributed by atoms with van der Waals surface area (Å²) < 4.78 is 12.8. The van der Waals surface area contributed by atoms with Crippen molar-refractivity contribution in [3.63, 3.8) is 0 Å². The van der Waals surface area contributed by atoms with Crippen LogP contribution in [0, 0.1) is 11.7 Å². The maximum Gasteiger partial charge on any atom is 0.123 e. The Morgan fingerprint density at radius 2 is 1.75 bits per heavy atom. The van der Waals surface area contributed by atoms with Crippen LogP contribution in [0.25, 0.3) is 0 Å². The van der Waals surface area contributed by atoms with E-state index in [1.807, 2.05) is 12.1 Å². The molecule has 2 aliphatic rings. The third kappa shape index (κ3) is 1.56. The summed E-state index contributed by atoms with van der Waals surface area (Å²) in [6, 6.07) is 6.87. The summed E-state index contributed by atoms with van der Waals surface area (Å²) in [5, 5.41) is 0. The van der Waals surface area contributed by atoms with Gasteiger partial charge in [0.15, 0.2) is 0 Å². The van der Waals surface area contributed by atoms with E-state index in [0.717, 1.165) is 6.42 Å². The molecule has 1 aromatic rings. The first kappa shape index (κ1) is 10.3. The van der Waals surface area contributed by atoms with E-state index in [1.54, 1.807) is 12.1 Å². The van der Waals surface area contributed by atoms with Crippen LogP contribution in [0.5, 0.6) is 0 Å². The molecule has 0 aliphatic heterocycles. The Kier molecular flexibility index (Phi) is 2.28. The number of hydrogen-bond donors (Lipinski definition) is 1. The average Bonchev–Trinajstić information content (AvgIpc) is 2.77. The quantitative estimate of drug-likeness (QED) is 0.812. The molecule has 0 bridgehead atoms. The zero-order chi connectivity index (χ0) is 11.2. The second kappa shape index (κ2) is 3.56. The van der Waals surface area contributed by atoms with E-state index in [0.29, 0.717) is 11.8 Å². The third-order valence-corrected chi connectivity index (χ3v) is 4.43. The molecule has 0 amide bonds. The van der Waals surface area contributed by atoms with Gasteiger partial charge in [-0.25, -0.2) is 4.39 Å². The van der Waals surface area contributed by atoms with Gasteiger partial charge in [-0.3, -0.25) is 0 Å². The number of halogens is 1. The average molecular weight is 219 g/mol. The maximum absolute atomic E-state index is 12.8. The topological polar surface area (TPSA) is 26.0 Å². The Hall–Kier alpha value is -0.890. The van der Waals surface area contributed by atoms with Crippen molar-refractivity contribution >= 4 is 0 Å². The normalized spacial score (nSPS) is 34.2. The van der Waals surface area contributed by atoms with Crippen molar-refractivity contribution in [2.75, 3.05) is 0 Å². The Morgan fingerprint density at radius 3 is 2.38 bits per heavy atom. The lowest BCUT2D eigenvalue weighted by molar-refractivity contribution is 0.404. The molecule has 1 aromatic carbocycles. The van der Waals surface area contributed by atoms with Crippen LogP contribution in [-0.4, -0.2) is 5.54 Å². The minimum Gasteiger partial charge on any atom is -0.324 e. The first-order valence-corrected chi connectivity index (χ1v) is 6.24. The van der Waals surface area contributed by atoms with Gasteiger partial charge < -0.3 is 5.73 Å². The summed E-state index contributed by atoms with van der Waals surface area (Å²) in [5.74, 6) is 1.01. The van der Waals surface area contributed by atoms with Gasteiger partial charge >= 0.3 is 0 Å². The second-order valence-electron chi connectivity index (χ2n) is 5.40. The lowest BCUT2D eigenvalue weighted by Gasteiger charge is -2.19. The van der Waals surface area contributed by atoms with E-state index in [1.165, 1.54) is 31.2 Å². The van der Waals surface area contributed by atoms with Crippen molar-refractivity contribution in [2.24, 2.45) is 11.7 Å². The zero-order valence-electron chi connectivity index (χ0n) is 9.45. The molecule has 2 atom stereocenters. The number of nitrogens with two attached hydrogens (primary N) is 1. The molecule has 86 valence electrons. The zero-order valence-corrected chi connectivity index (χ0v) is 9.45. The highest BCUT2D eigenvalue weighted by molar-refractivity contribution is 5.34. The molecule has 2 heteroatoms. The SMILES string of the molecule is NC1(C2CCCC2)CC1c1ccc(F)cc1. The van der Waals surface area contributed by atoms with E-state index in [4.69, 9.17) is 5.73 Å². The van der Waals surface area contributed by atoms with Gasteiger partial charge in [0.05, 0.1) is 0 Å². The van der Waals surface area contributed by atoms with Crippen LogP contribution < -0.4 is 5.73 Å². The molecule has 0 saturated heterocycles. The molecule has 3 rings (SSSR count). The first-order chi connectivity index (χ1) is 7.70. The third-order valence-electron chi connectivity index (χ3n) is 4.43. The minimum absolute atomic E-state index is 0.0222. The van der Waals surface area contributed by atoms with Gasteiger partial charge in [-0.2, -0.15) is 0 Å². The monoisotopic (exact) mass is 219 g/mol. The van der Waals surface area contributed by atoms with Crippen molar-refractivity contribution in [3.05, 3.63) is 35.6 Å². The second-order valence-corrected chi connectivity index (χ2v) is 5.40. The van der Waals surface area contributed by atoms with Crippen LogP contribution in [-0.2, 0) is 0 Å². The largest absolute Gasteiger partial charge is 0.324 e. The molecule has 0 spiro atoms. The van der Waals surface area contributed by atoms with Crippen molar-refractivity contribution in [3.8, 4) is 0 Å². The first-order valence-electron chi connectivity index (χ1n) is 6.24. The van der Waals surface area contributed by atoms with E-state index >= 15 is 0 Å². The molecule has 2 N–H and O–H groups in total. The van der Waals surface area contributed by atoms with Crippen molar-refractivity contribution in [1.82, 2.24) is 0 Å². The van der Waals surface area contributed by atoms with Gasteiger partial charge in [-0.15, -0.1) is 0 Å². The van der Waals surface area contributed by atoms with Crippen molar-refractivity contribution in [1.29, 1.82) is 0 Å². The fraction of sp³-hybridized carbons (Fsp3) is 0.571. The Morgan fingerprint density at radius 1 is 1.12 bits per heavy atom. The van der Waals surface area contributed by atoms with Crippen LogP contribution in [0.4, 0.5) is 4.39 Å². The summed E-state index contributed by atoms with van der Waals surface area (Å²) in [7, 11) is 0. The highest BCUT2D eigenvalue weighted by Gasteiger charge is 2.56. The maximum atomic E-state index is 12.8. The molecule has 1 nitrogen and oxygen atoms in total. The number of rotatable bonds is 2. The van der Waals surface area contributed by atoms with E-state index in [-0.39, 0.29) is 11.4 Å². The molecule has 0 heterocycles. The molecule has 2 aliphatic carbocycles. The van der Waals surface area contributed by atoms with Gasteiger partial charge in [0, 0.05) is 11.5 Å². The lowest BCUT2D eigenvalue weighted by Crippen LogP contribution is -2.32. The van der Waals surface area contributed by atoms with E-state index in [9.17, 15) is 4.39 Å². The summed E-state index contributed by atoms with van der Waals surface area (Å²) in [6.45, 7) is 0. The predicted octanol–water partition coefficient (Wildman–Crippen LogP) is 3.20. The van der Waals surface area contributed by atoms with Crippen LogP contribution in [0.15, 0.2) is 24.3 Å². The van der Waals surface area contributed by atoms with Crippen LogP contribution >= 0.6 is 0 Å². The fourth-order valence-electron chi connectivity index (χ4n) is 3.33. The smallest absolute Gasteiger partial charge is 0.123 e. The van der Waals surface area contributed by atoms with Crippen LogP contribution in [0.2, 0.25) is 0 Å². The molecule has 2 unspecified atom stereocenters. The summed E-state index contributed by atoms with van der Waals surface area (Å²) in [4.78, 5) is 0. The predicted molar refractivity (Wildman–Crippen MR) is 62.6 cm³/mol. The Bertz CT molecular complexity index is 380. The summed E-state index contributed by atoms with van der Waals surface area (Å²) in [5.41, 5.74) is 7.71. The molecular formula is C14H18FN. The number of benzene rings is 1. The Balaban J connectivity index is 1.76. The molecule has 0 aromatic heterocycles. The van der Waals surface area contributed by atoms with Gasteiger partial charge in [-0.05, 0) is 42.9 Å². The molecule has 0 radical (unpaired) electrons. The minimum atomic E-state index is -0.159. The lowest BCUT2D eigenvalue weighted by atomic mass is 9.92. The van der Waals surface area contributed by atoms with Crippen LogP contribution in [0.1, 0.15) is 43.6 Å². The molecule has 2 saturated carbocycles. The van der Waals surface area contributed by atoms with Gasteiger partial charge in [0.25, 0.3) is 0 Å². The van der Waals surface area contributed by atoms with Crippen molar-refractivity contribution in [2.45, 2.75) is 43.6 Å². The van der Waals surface area contributed by atoms with Gasteiger partial charge in [0.2, 0.25) is 0 Å². The van der Waals surface area contributed by atoms with E-state index in [2.05, 4.69) is 0 Å². The van der Waals surface area contributed by atoms with Crippen LogP contribution in [0.3, 0.4) is 0 Å². The van der Waals surface area contributed by atoms with Gasteiger partial charge in [-0.1, -0.05) is 25.0 Å². The summed E-state index contributed by atoms with van der Waals surface area (Å²) in [6.07, 6.45) is 6.32. The van der Waals surface area contributed by atoms with Gasteiger partial charge in [0.1, 0.15) is 5.82 Å². The summed E-state index contributed by atoms with van der Waals surface area (Å²) >= 11 is 0. The highest BCUT2D eigenvalue weighted by Crippen LogP contribution is 2.57. The number of hydrogen-bond acceptors (Lipinski definition) is 1. The molecule has 16 heavy (non-hydrogen) atoms. The van der Waals surface area contributed by atoms with E-state index < -0.39 is 0 Å². The molecule has 2 fully saturated rings. The molecular weight excluding hydrogens is 201 g/mol. The standard InChI is InChI=1S/C14H18FN/c15-12-7-5-10(6-8-12)13-9-14(13,16)11-3-1-2-4-11/h5-8,11,13H,1-4,9,16H2. The fourth-order valence-corrected chi connectivity index (χ4v) is 3.33. The highest BCUT2D eigenvalue weighted by atomic mass is 19.1.